The SMILES string of the molecule is c1ccc2c(c1)CC(c1nc3ccc(-c4ccncc4)cc3[nH]1)CO2. The molecule has 0 amide bonds. The van der Waals surface area contributed by atoms with Crippen LogP contribution in [0, 0.1) is 0 Å². The van der Waals surface area contributed by atoms with Crippen LogP contribution in [-0.4, -0.2) is 21.6 Å². The minimum absolute atomic E-state index is 0.256. The lowest BCUT2D eigenvalue weighted by Crippen LogP contribution is -2.20. The van der Waals surface area contributed by atoms with Crippen molar-refractivity contribution >= 4 is 11.0 Å². The van der Waals surface area contributed by atoms with Gasteiger partial charge in [-0.15, -0.1) is 0 Å². The first-order valence-electron chi connectivity index (χ1n) is 8.47. The average molecular weight is 327 g/mol. The van der Waals surface area contributed by atoms with E-state index in [-0.39, 0.29) is 5.92 Å². The number of H-pyrrole nitrogens is 1. The number of aromatic nitrogens is 3. The van der Waals surface area contributed by atoms with Crippen LogP contribution in [0.15, 0.2) is 67.0 Å². The molecule has 1 N–H and O–H groups in total. The summed E-state index contributed by atoms with van der Waals surface area (Å²) in [7, 11) is 0. The van der Waals surface area contributed by atoms with Crippen LogP contribution < -0.4 is 4.74 Å². The number of fused-ring (bicyclic) bond motifs is 2. The second-order valence-corrected chi connectivity index (χ2v) is 6.41. The van der Waals surface area contributed by atoms with Gasteiger partial charge < -0.3 is 9.72 Å². The number of pyridine rings is 1. The van der Waals surface area contributed by atoms with E-state index in [1.54, 1.807) is 0 Å². The van der Waals surface area contributed by atoms with E-state index >= 15 is 0 Å². The van der Waals surface area contributed by atoms with Crippen molar-refractivity contribution in [3.63, 3.8) is 0 Å². The Morgan fingerprint density at radius 3 is 2.76 bits per heavy atom. The summed E-state index contributed by atoms with van der Waals surface area (Å²) >= 11 is 0. The first-order chi connectivity index (χ1) is 12.4. The van der Waals surface area contributed by atoms with E-state index in [0.717, 1.165) is 40.2 Å². The van der Waals surface area contributed by atoms with Crippen LogP contribution in [0.5, 0.6) is 5.75 Å². The Kier molecular flexibility index (Phi) is 3.27. The highest BCUT2D eigenvalue weighted by molar-refractivity contribution is 5.82. The van der Waals surface area contributed by atoms with Crippen molar-refractivity contribution in [2.24, 2.45) is 0 Å². The van der Waals surface area contributed by atoms with Crippen LogP contribution in [0.25, 0.3) is 22.2 Å². The minimum Gasteiger partial charge on any atom is -0.493 e. The van der Waals surface area contributed by atoms with Crippen molar-refractivity contribution in [2.75, 3.05) is 6.61 Å². The summed E-state index contributed by atoms with van der Waals surface area (Å²) in [5.74, 6) is 2.25. The van der Waals surface area contributed by atoms with Crippen LogP contribution in [0.3, 0.4) is 0 Å². The normalized spacial score (nSPS) is 16.4. The van der Waals surface area contributed by atoms with Crippen molar-refractivity contribution in [1.29, 1.82) is 0 Å². The molecule has 1 unspecified atom stereocenters. The van der Waals surface area contributed by atoms with Gasteiger partial charge in [0.1, 0.15) is 11.6 Å². The van der Waals surface area contributed by atoms with Gasteiger partial charge in [-0.2, -0.15) is 0 Å². The molecule has 1 atom stereocenters. The molecule has 0 aliphatic carbocycles. The van der Waals surface area contributed by atoms with Crippen molar-refractivity contribution < 1.29 is 4.74 Å². The van der Waals surface area contributed by atoms with Crippen molar-refractivity contribution in [3.05, 3.63) is 78.4 Å². The number of nitrogens with zero attached hydrogens (tertiary/aromatic N) is 2. The molecule has 0 saturated carbocycles. The molecule has 5 rings (SSSR count). The Hall–Kier alpha value is -3.14. The number of hydrogen-bond donors (Lipinski definition) is 1. The monoisotopic (exact) mass is 327 g/mol. The molecule has 0 radical (unpaired) electrons. The first kappa shape index (κ1) is 14.2. The maximum absolute atomic E-state index is 5.91. The predicted molar refractivity (Wildman–Crippen MR) is 97.7 cm³/mol. The summed E-state index contributed by atoms with van der Waals surface area (Å²) in [6.45, 7) is 0.661. The topological polar surface area (TPSA) is 50.8 Å². The fourth-order valence-electron chi connectivity index (χ4n) is 3.45. The highest BCUT2D eigenvalue weighted by Gasteiger charge is 2.23. The predicted octanol–water partition coefficient (Wildman–Crippen LogP) is 4.34. The van der Waals surface area contributed by atoms with E-state index in [0.29, 0.717) is 6.61 Å². The molecule has 2 aromatic carbocycles. The van der Waals surface area contributed by atoms with Gasteiger partial charge in [-0.1, -0.05) is 24.3 Å². The van der Waals surface area contributed by atoms with E-state index in [2.05, 4.69) is 40.3 Å². The number of ether oxygens (including phenoxy) is 1. The Balaban J connectivity index is 1.49. The molecule has 2 aromatic heterocycles. The van der Waals surface area contributed by atoms with E-state index < -0.39 is 0 Å². The Morgan fingerprint density at radius 1 is 0.960 bits per heavy atom. The zero-order chi connectivity index (χ0) is 16.6. The second-order valence-electron chi connectivity index (χ2n) is 6.41. The molecular formula is C21H17N3O. The van der Waals surface area contributed by atoms with Crippen molar-refractivity contribution in [2.45, 2.75) is 12.3 Å². The maximum atomic E-state index is 5.91. The van der Waals surface area contributed by atoms with Crippen LogP contribution in [0.2, 0.25) is 0 Å². The fraction of sp³-hybridized carbons (Fsp3) is 0.143. The fourth-order valence-corrected chi connectivity index (χ4v) is 3.45. The molecule has 1 aliphatic rings. The molecule has 4 nitrogen and oxygen atoms in total. The molecule has 0 spiro atoms. The number of nitrogens with one attached hydrogen (secondary N) is 1. The molecular weight excluding hydrogens is 310 g/mol. The third-order valence-corrected chi connectivity index (χ3v) is 4.78. The lowest BCUT2D eigenvalue weighted by molar-refractivity contribution is 0.258. The molecule has 3 heterocycles. The van der Waals surface area contributed by atoms with Gasteiger partial charge in [-0.25, -0.2) is 4.98 Å². The van der Waals surface area contributed by atoms with Crippen molar-refractivity contribution in [1.82, 2.24) is 15.0 Å². The van der Waals surface area contributed by atoms with Crippen LogP contribution in [0.1, 0.15) is 17.3 Å². The molecule has 25 heavy (non-hydrogen) atoms. The minimum atomic E-state index is 0.256. The summed E-state index contributed by atoms with van der Waals surface area (Å²) < 4.78 is 5.91. The van der Waals surface area contributed by atoms with Crippen LogP contribution in [-0.2, 0) is 6.42 Å². The van der Waals surface area contributed by atoms with Gasteiger partial charge >= 0.3 is 0 Å². The standard InChI is InChI=1S/C21H17N3O/c1-2-4-20-16(3-1)11-17(13-25-20)21-23-18-6-5-15(12-19(18)24-21)14-7-9-22-10-8-14/h1-10,12,17H,11,13H2,(H,23,24). The van der Waals surface area contributed by atoms with E-state index in [4.69, 9.17) is 9.72 Å². The average Bonchev–Trinajstić information content (AvgIpc) is 3.11. The number of rotatable bonds is 2. The summed E-state index contributed by atoms with van der Waals surface area (Å²) in [6, 6.07) is 18.6. The van der Waals surface area contributed by atoms with Gasteiger partial charge in [0, 0.05) is 12.4 Å². The van der Waals surface area contributed by atoms with Gasteiger partial charge in [0.05, 0.1) is 23.6 Å². The van der Waals surface area contributed by atoms with Gasteiger partial charge in [0.25, 0.3) is 0 Å². The third kappa shape index (κ3) is 2.56. The van der Waals surface area contributed by atoms with Crippen LogP contribution in [0.4, 0.5) is 0 Å². The number of hydrogen-bond acceptors (Lipinski definition) is 3. The molecule has 0 bridgehead atoms. The Morgan fingerprint density at radius 2 is 1.84 bits per heavy atom. The number of benzene rings is 2. The molecule has 0 saturated heterocycles. The summed E-state index contributed by atoms with van der Waals surface area (Å²) in [6.07, 6.45) is 4.58. The highest BCUT2D eigenvalue weighted by Crippen LogP contribution is 2.32. The van der Waals surface area contributed by atoms with E-state index in [9.17, 15) is 0 Å². The zero-order valence-corrected chi connectivity index (χ0v) is 13.6. The van der Waals surface area contributed by atoms with Crippen molar-refractivity contribution in [3.8, 4) is 16.9 Å². The maximum Gasteiger partial charge on any atom is 0.122 e. The van der Waals surface area contributed by atoms with Gasteiger partial charge in [0.15, 0.2) is 0 Å². The van der Waals surface area contributed by atoms with Crippen LogP contribution >= 0.6 is 0 Å². The molecule has 1 aliphatic heterocycles. The Bertz CT molecular complexity index is 1040. The van der Waals surface area contributed by atoms with E-state index in [1.165, 1.54) is 5.56 Å². The molecule has 4 aromatic rings. The molecule has 0 fully saturated rings. The number of aromatic amines is 1. The van der Waals surface area contributed by atoms with Gasteiger partial charge in [0.2, 0.25) is 0 Å². The first-order valence-corrected chi connectivity index (χ1v) is 8.47. The molecule has 122 valence electrons. The Labute approximate surface area is 145 Å². The van der Waals surface area contributed by atoms with Gasteiger partial charge in [-0.05, 0) is 53.4 Å². The third-order valence-electron chi connectivity index (χ3n) is 4.78. The number of para-hydroxylation sites is 1. The molecule has 4 heteroatoms. The van der Waals surface area contributed by atoms with E-state index in [1.807, 2.05) is 36.7 Å². The zero-order valence-electron chi connectivity index (χ0n) is 13.6. The highest BCUT2D eigenvalue weighted by atomic mass is 16.5. The lowest BCUT2D eigenvalue weighted by Gasteiger charge is -2.23. The second kappa shape index (κ2) is 5.74. The summed E-state index contributed by atoms with van der Waals surface area (Å²) in [5, 5.41) is 0. The summed E-state index contributed by atoms with van der Waals surface area (Å²) in [5.41, 5.74) is 5.62. The summed E-state index contributed by atoms with van der Waals surface area (Å²) in [4.78, 5) is 12.4. The van der Waals surface area contributed by atoms with Gasteiger partial charge in [-0.3, -0.25) is 4.98 Å². The largest absolute Gasteiger partial charge is 0.493 e. The quantitative estimate of drug-likeness (QED) is 0.596. The number of imidazole rings is 1. The smallest absolute Gasteiger partial charge is 0.122 e. The lowest BCUT2D eigenvalue weighted by atomic mass is 9.96.